The number of hydrogen-bond acceptors (Lipinski definition) is 5. The van der Waals surface area contributed by atoms with Crippen molar-refractivity contribution in [2.45, 2.75) is 20.3 Å². The van der Waals surface area contributed by atoms with Gasteiger partial charge < -0.3 is 10.6 Å². The highest BCUT2D eigenvalue weighted by Gasteiger charge is 2.06. The molecule has 0 aliphatic heterocycles. The Morgan fingerprint density at radius 2 is 1.95 bits per heavy atom. The molecular formula is C16H22N4S. The van der Waals surface area contributed by atoms with Crippen LogP contribution in [-0.2, 0) is 0 Å². The Labute approximate surface area is 130 Å². The Balaban J connectivity index is 2.17. The molecule has 0 radical (unpaired) electrons. The van der Waals surface area contributed by atoms with Crippen LogP contribution in [0, 0.1) is 0 Å². The van der Waals surface area contributed by atoms with Gasteiger partial charge in [0.1, 0.15) is 5.01 Å². The summed E-state index contributed by atoms with van der Waals surface area (Å²) in [6, 6.07) is 8.56. The molecule has 0 aliphatic carbocycles. The van der Waals surface area contributed by atoms with E-state index < -0.39 is 0 Å². The minimum absolute atomic E-state index is 0.865. The molecule has 0 spiro atoms. The predicted molar refractivity (Wildman–Crippen MR) is 91.7 cm³/mol. The number of nitrogens with zero attached hydrogens (tertiary/aromatic N) is 2. The second-order valence-electron chi connectivity index (χ2n) is 4.66. The Hall–Kier alpha value is -1.72. The van der Waals surface area contributed by atoms with Crippen molar-refractivity contribution in [2.24, 2.45) is 0 Å². The molecule has 21 heavy (non-hydrogen) atoms. The Kier molecular flexibility index (Phi) is 5.90. The monoisotopic (exact) mass is 302 g/mol. The maximum atomic E-state index is 4.23. The van der Waals surface area contributed by atoms with E-state index in [9.17, 15) is 0 Å². The van der Waals surface area contributed by atoms with E-state index in [0.29, 0.717) is 0 Å². The van der Waals surface area contributed by atoms with E-state index in [-0.39, 0.29) is 0 Å². The minimum Gasteiger partial charge on any atom is -0.360 e. The summed E-state index contributed by atoms with van der Waals surface area (Å²) in [6.07, 6.45) is 3.27. The van der Waals surface area contributed by atoms with Gasteiger partial charge in [-0.05, 0) is 31.5 Å². The van der Waals surface area contributed by atoms with Gasteiger partial charge in [0.2, 0.25) is 5.13 Å². The molecule has 0 fully saturated rings. The van der Waals surface area contributed by atoms with Gasteiger partial charge in [-0.2, -0.15) is 0 Å². The van der Waals surface area contributed by atoms with E-state index >= 15 is 0 Å². The standard InChI is InChI=1S/C16H22N4S/c1-4-12(10-11-17-3)13-6-8-14(9-7-13)15-19-20-16(21-15)18-5-2/h6-10,17H,4-5,11H2,1-3H3,(H,18,20)/b12-10+. The lowest BCUT2D eigenvalue weighted by atomic mass is 10.0. The van der Waals surface area contributed by atoms with Gasteiger partial charge in [-0.1, -0.05) is 48.6 Å². The lowest BCUT2D eigenvalue weighted by molar-refractivity contribution is 0.918. The van der Waals surface area contributed by atoms with Gasteiger partial charge in [0.05, 0.1) is 0 Å². The van der Waals surface area contributed by atoms with Crippen LogP contribution < -0.4 is 10.6 Å². The van der Waals surface area contributed by atoms with Gasteiger partial charge in [-0.3, -0.25) is 0 Å². The molecule has 2 rings (SSSR count). The number of benzene rings is 1. The molecule has 0 bridgehead atoms. The number of rotatable bonds is 7. The summed E-state index contributed by atoms with van der Waals surface area (Å²) < 4.78 is 0. The van der Waals surface area contributed by atoms with Crippen LogP contribution in [0.4, 0.5) is 5.13 Å². The molecule has 0 unspecified atom stereocenters. The second-order valence-corrected chi connectivity index (χ2v) is 5.64. The fourth-order valence-electron chi connectivity index (χ4n) is 2.08. The molecule has 0 amide bonds. The molecule has 0 saturated carbocycles. The van der Waals surface area contributed by atoms with Crippen molar-refractivity contribution < 1.29 is 0 Å². The molecule has 2 aromatic rings. The van der Waals surface area contributed by atoms with Crippen molar-refractivity contribution in [3.63, 3.8) is 0 Å². The SMILES string of the molecule is CCNc1nnc(-c2ccc(/C(=C/CNC)CC)cc2)s1. The molecule has 1 aromatic carbocycles. The van der Waals surface area contributed by atoms with E-state index in [1.54, 1.807) is 11.3 Å². The number of hydrogen-bond donors (Lipinski definition) is 2. The average Bonchev–Trinajstić information content (AvgIpc) is 2.98. The molecule has 0 atom stereocenters. The molecule has 1 aromatic heterocycles. The van der Waals surface area contributed by atoms with Crippen LogP contribution in [0.15, 0.2) is 30.3 Å². The summed E-state index contributed by atoms with van der Waals surface area (Å²) in [5.74, 6) is 0. The average molecular weight is 302 g/mol. The molecule has 5 heteroatoms. The summed E-state index contributed by atoms with van der Waals surface area (Å²) in [5, 5.41) is 16.5. The Morgan fingerprint density at radius 3 is 2.57 bits per heavy atom. The van der Waals surface area contributed by atoms with E-state index in [0.717, 1.165) is 35.2 Å². The second kappa shape index (κ2) is 7.90. The van der Waals surface area contributed by atoms with Gasteiger partial charge in [0, 0.05) is 18.7 Å². The summed E-state index contributed by atoms with van der Waals surface area (Å²) in [5.41, 5.74) is 3.75. The van der Waals surface area contributed by atoms with Crippen LogP contribution in [0.2, 0.25) is 0 Å². The lowest BCUT2D eigenvalue weighted by Crippen LogP contribution is -2.05. The molecule has 1 heterocycles. The van der Waals surface area contributed by atoms with Crippen LogP contribution in [0.1, 0.15) is 25.8 Å². The van der Waals surface area contributed by atoms with Gasteiger partial charge >= 0.3 is 0 Å². The fraction of sp³-hybridized carbons (Fsp3) is 0.375. The zero-order chi connectivity index (χ0) is 15.1. The van der Waals surface area contributed by atoms with Crippen LogP contribution in [0.5, 0.6) is 0 Å². The lowest BCUT2D eigenvalue weighted by Gasteiger charge is -2.06. The number of anilines is 1. The molecule has 112 valence electrons. The van der Waals surface area contributed by atoms with E-state index in [2.05, 4.69) is 65.0 Å². The van der Waals surface area contributed by atoms with Crippen molar-refractivity contribution in [1.82, 2.24) is 15.5 Å². The maximum absolute atomic E-state index is 4.23. The molecule has 4 nitrogen and oxygen atoms in total. The third-order valence-corrected chi connectivity index (χ3v) is 4.12. The summed E-state index contributed by atoms with van der Waals surface area (Å²) >= 11 is 1.59. The normalized spacial score (nSPS) is 11.7. The van der Waals surface area contributed by atoms with Crippen molar-refractivity contribution in [3.8, 4) is 10.6 Å². The first-order chi connectivity index (χ1) is 10.3. The maximum Gasteiger partial charge on any atom is 0.205 e. The van der Waals surface area contributed by atoms with Crippen molar-refractivity contribution in [2.75, 3.05) is 25.5 Å². The molecule has 2 N–H and O–H groups in total. The van der Waals surface area contributed by atoms with E-state index in [1.807, 2.05) is 7.05 Å². The quantitative estimate of drug-likeness (QED) is 0.819. The number of aromatic nitrogens is 2. The van der Waals surface area contributed by atoms with Crippen LogP contribution in [0.25, 0.3) is 16.1 Å². The Morgan fingerprint density at radius 1 is 1.19 bits per heavy atom. The van der Waals surface area contributed by atoms with Crippen molar-refractivity contribution in [1.29, 1.82) is 0 Å². The Bertz CT molecular complexity index is 587. The van der Waals surface area contributed by atoms with Gasteiger partial charge in [0.15, 0.2) is 0 Å². The number of allylic oxidation sites excluding steroid dienone is 1. The van der Waals surface area contributed by atoms with E-state index in [4.69, 9.17) is 0 Å². The van der Waals surface area contributed by atoms with Crippen LogP contribution in [-0.4, -0.2) is 30.3 Å². The molecule has 0 saturated heterocycles. The first-order valence-electron chi connectivity index (χ1n) is 7.30. The zero-order valence-electron chi connectivity index (χ0n) is 12.8. The van der Waals surface area contributed by atoms with Gasteiger partial charge in [0.25, 0.3) is 0 Å². The highest BCUT2D eigenvalue weighted by atomic mass is 32.1. The third kappa shape index (κ3) is 4.12. The van der Waals surface area contributed by atoms with Crippen molar-refractivity contribution in [3.05, 3.63) is 35.9 Å². The van der Waals surface area contributed by atoms with Crippen LogP contribution in [0.3, 0.4) is 0 Å². The predicted octanol–water partition coefficient (Wildman–Crippen LogP) is 3.65. The first kappa shape index (κ1) is 15.7. The number of likely N-dealkylation sites (N-methyl/N-ethyl adjacent to an activating group) is 1. The fourth-order valence-corrected chi connectivity index (χ4v) is 2.90. The molecular weight excluding hydrogens is 280 g/mol. The summed E-state index contributed by atoms with van der Waals surface area (Å²) in [6.45, 7) is 6.00. The van der Waals surface area contributed by atoms with Crippen molar-refractivity contribution >= 4 is 22.0 Å². The molecule has 0 aliphatic rings. The van der Waals surface area contributed by atoms with Gasteiger partial charge in [-0.15, -0.1) is 10.2 Å². The van der Waals surface area contributed by atoms with E-state index in [1.165, 1.54) is 11.1 Å². The summed E-state index contributed by atoms with van der Waals surface area (Å²) in [4.78, 5) is 0. The first-order valence-corrected chi connectivity index (χ1v) is 8.12. The third-order valence-electron chi connectivity index (χ3n) is 3.19. The largest absolute Gasteiger partial charge is 0.360 e. The smallest absolute Gasteiger partial charge is 0.205 e. The summed E-state index contributed by atoms with van der Waals surface area (Å²) in [7, 11) is 1.96. The zero-order valence-corrected chi connectivity index (χ0v) is 13.6. The van der Waals surface area contributed by atoms with Gasteiger partial charge in [-0.25, -0.2) is 0 Å². The minimum atomic E-state index is 0.865. The van der Waals surface area contributed by atoms with Crippen LogP contribution >= 0.6 is 11.3 Å². The topological polar surface area (TPSA) is 49.8 Å². The highest BCUT2D eigenvalue weighted by Crippen LogP contribution is 2.28. The highest BCUT2D eigenvalue weighted by molar-refractivity contribution is 7.18. The number of nitrogens with one attached hydrogen (secondary N) is 2.